The highest BCUT2D eigenvalue weighted by Gasteiger charge is 2.20. The van der Waals surface area contributed by atoms with Gasteiger partial charge >= 0.3 is 0 Å². The molecule has 0 saturated heterocycles. The molecule has 1 amide bonds. The third kappa shape index (κ3) is 5.25. The summed E-state index contributed by atoms with van der Waals surface area (Å²) in [5.41, 5.74) is 8.65. The van der Waals surface area contributed by atoms with Crippen LogP contribution in [0.15, 0.2) is 40.2 Å². The standard InChI is InChI=1S/C21H21ClN2O4S/c1-12-4-5-15(8-13(12)2)27-6-7-28-19-16(22)9-14(10-17(19)26-3)11-18-20(25)24-21(23)29-18/h4-5,8-11H,6-7H2,1-3H3,(H2,23,24,25)/b18-11-. The summed E-state index contributed by atoms with van der Waals surface area (Å²) >= 11 is 7.49. The molecule has 0 aromatic heterocycles. The topological polar surface area (TPSA) is 83.1 Å². The molecular formula is C21H21ClN2O4S. The van der Waals surface area contributed by atoms with Crippen molar-refractivity contribution in [3.63, 3.8) is 0 Å². The third-order valence-electron chi connectivity index (χ3n) is 4.26. The first kappa shape index (κ1) is 21.1. The Morgan fingerprint density at radius 1 is 1.14 bits per heavy atom. The summed E-state index contributed by atoms with van der Waals surface area (Å²) in [6, 6.07) is 9.37. The molecule has 2 aromatic rings. The minimum absolute atomic E-state index is 0.225. The molecule has 1 aliphatic rings. The van der Waals surface area contributed by atoms with Gasteiger partial charge in [0.05, 0.1) is 17.0 Å². The van der Waals surface area contributed by atoms with Gasteiger partial charge in [0.15, 0.2) is 16.7 Å². The largest absolute Gasteiger partial charge is 0.493 e. The van der Waals surface area contributed by atoms with Crippen LogP contribution in [0.5, 0.6) is 17.2 Å². The van der Waals surface area contributed by atoms with Crippen LogP contribution in [0.4, 0.5) is 0 Å². The van der Waals surface area contributed by atoms with Crippen LogP contribution in [0.2, 0.25) is 5.02 Å². The predicted molar refractivity (Wildman–Crippen MR) is 117 cm³/mol. The van der Waals surface area contributed by atoms with Gasteiger partial charge in [-0.15, -0.1) is 0 Å². The number of aliphatic imine (C=N–C) groups is 1. The van der Waals surface area contributed by atoms with E-state index in [9.17, 15) is 4.79 Å². The smallest absolute Gasteiger partial charge is 0.286 e. The Balaban J connectivity index is 1.65. The molecule has 1 aliphatic heterocycles. The molecule has 152 valence electrons. The first-order valence-electron chi connectivity index (χ1n) is 8.86. The Labute approximate surface area is 178 Å². The normalized spacial score (nSPS) is 14.8. The maximum absolute atomic E-state index is 11.8. The lowest BCUT2D eigenvalue weighted by Gasteiger charge is -2.14. The lowest BCUT2D eigenvalue weighted by atomic mass is 10.1. The fourth-order valence-electron chi connectivity index (χ4n) is 2.65. The summed E-state index contributed by atoms with van der Waals surface area (Å²) < 4.78 is 16.9. The fraction of sp³-hybridized carbons (Fsp3) is 0.238. The molecule has 1 heterocycles. The number of nitrogens with zero attached hydrogens (tertiary/aromatic N) is 1. The van der Waals surface area contributed by atoms with Gasteiger partial charge in [0.1, 0.15) is 19.0 Å². The zero-order valence-electron chi connectivity index (χ0n) is 16.3. The van der Waals surface area contributed by atoms with Crippen molar-refractivity contribution in [3.05, 3.63) is 56.9 Å². The summed E-state index contributed by atoms with van der Waals surface area (Å²) in [7, 11) is 1.53. The molecule has 8 heteroatoms. The van der Waals surface area contributed by atoms with Crippen molar-refractivity contribution in [1.29, 1.82) is 0 Å². The zero-order valence-corrected chi connectivity index (χ0v) is 17.9. The minimum Gasteiger partial charge on any atom is -0.493 e. The number of amidine groups is 1. The number of amides is 1. The number of methoxy groups -OCH3 is 1. The predicted octanol–water partition coefficient (Wildman–Crippen LogP) is 4.35. The van der Waals surface area contributed by atoms with E-state index in [2.05, 4.69) is 11.9 Å². The molecule has 2 N–H and O–H groups in total. The van der Waals surface area contributed by atoms with Gasteiger partial charge in [0.2, 0.25) is 0 Å². The second-order valence-electron chi connectivity index (χ2n) is 6.34. The highest BCUT2D eigenvalue weighted by Crippen LogP contribution is 2.38. The van der Waals surface area contributed by atoms with E-state index in [4.69, 9.17) is 31.5 Å². The first-order chi connectivity index (χ1) is 13.9. The van der Waals surface area contributed by atoms with E-state index >= 15 is 0 Å². The Hall–Kier alpha value is -2.64. The van der Waals surface area contributed by atoms with Gasteiger partial charge in [-0.25, -0.2) is 0 Å². The maximum Gasteiger partial charge on any atom is 0.286 e. The molecule has 3 rings (SSSR count). The van der Waals surface area contributed by atoms with Crippen molar-refractivity contribution < 1.29 is 19.0 Å². The van der Waals surface area contributed by atoms with Crippen LogP contribution in [0.1, 0.15) is 16.7 Å². The lowest BCUT2D eigenvalue weighted by Crippen LogP contribution is -2.10. The van der Waals surface area contributed by atoms with Crippen LogP contribution < -0.4 is 19.9 Å². The summed E-state index contributed by atoms with van der Waals surface area (Å²) in [6.45, 7) is 4.75. The lowest BCUT2D eigenvalue weighted by molar-refractivity contribution is -0.113. The number of halogens is 1. The van der Waals surface area contributed by atoms with Gasteiger partial charge in [-0.1, -0.05) is 17.7 Å². The summed E-state index contributed by atoms with van der Waals surface area (Å²) in [6.07, 6.45) is 1.66. The molecule has 0 fully saturated rings. The quantitative estimate of drug-likeness (QED) is 0.517. The first-order valence-corrected chi connectivity index (χ1v) is 10.0. The molecule has 0 radical (unpaired) electrons. The number of nitrogens with two attached hydrogens (primary N) is 1. The van der Waals surface area contributed by atoms with Gasteiger partial charge in [0, 0.05) is 0 Å². The van der Waals surface area contributed by atoms with E-state index in [0.29, 0.717) is 40.2 Å². The van der Waals surface area contributed by atoms with Crippen LogP contribution in [0.25, 0.3) is 6.08 Å². The van der Waals surface area contributed by atoms with Crippen LogP contribution in [-0.2, 0) is 4.79 Å². The maximum atomic E-state index is 11.8. The average molecular weight is 433 g/mol. The number of benzene rings is 2. The summed E-state index contributed by atoms with van der Waals surface area (Å²) in [4.78, 5) is 15.9. The second kappa shape index (κ2) is 9.24. The number of aryl methyl sites for hydroxylation is 2. The number of hydrogen-bond donors (Lipinski definition) is 1. The highest BCUT2D eigenvalue weighted by molar-refractivity contribution is 8.18. The Morgan fingerprint density at radius 3 is 2.55 bits per heavy atom. The van der Waals surface area contributed by atoms with Gasteiger partial charge in [0.25, 0.3) is 5.91 Å². The van der Waals surface area contributed by atoms with E-state index in [1.54, 1.807) is 18.2 Å². The van der Waals surface area contributed by atoms with E-state index < -0.39 is 0 Å². The number of thioether (sulfide) groups is 1. The molecule has 6 nitrogen and oxygen atoms in total. The van der Waals surface area contributed by atoms with E-state index in [0.717, 1.165) is 17.5 Å². The van der Waals surface area contributed by atoms with Crippen molar-refractivity contribution in [3.8, 4) is 17.2 Å². The Morgan fingerprint density at radius 2 is 1.90 bits per heavy atom. The van der Waals surface area contributed by atoms with E-state index in [-0.39, 0.29) is 11.1 Å². The number of carbonyl (C=O) groups excluding carboxylic acids is 1. The molecule has 2 aromatic carbocycles. The number of carbonyl (C=O) groups is 1. The molecular weight excluding hydrogens is 412 g/mol. The molecule has 0 bridgehead atoms. The van der Waals surface area contributed by atoms with Crippen molar-refractivity contribution in [1.82, 2.24) is 0 Å². The fourth-order valence-corrected chi connectivity index (χ4v) is 3.60. The molecule has 0 aliphatic carbocycles. The molecule has 0 spiro atoms. The molecule has 29 heavy (non-hydrogen) atoms. The van der Waals surface area contributed by atoms with Crippen molar-refractivity contribution in [2.24, 2.45) is 10.7 Å². The van der Waals surface area contributed by atoms with Crippen LogP contribution in [0.3, 0.4) is 0 Å². The van der Waals surface area contributed by atoms with Crippen LogP contribution in [0, 0.1) is 13.8 Å². The second-order valence-corrected chi connectivity index (χ2v) is 7.81. The van der Waals surface area contributed by atoms with Gasteiger partial charge in [-0.3, -0.25) is 4.79 Å². The highest BCUT2D eigenvalue weighted by atomic mass is 35.5. The van der Waals surface area contributed by atoms with Crippen LogP contribution >= 0.6 is 23.4 Å². The van der Waals surface area contributed by atoms with Gasteiger partial charge in [-0.2, -0.15) is 4.99 Å². The monoisotopic (exact) mass is 432 g/mol. The number of hydrogen-bond acceptors (Lipinski definition) is 6. The van der Waals surface area contributed by atoms with Gasteiger partial charge < -0.3 is 19.9 Å². The zero-order chi connectivity index (χ0) is 21.0. The number of ether oxygens (including phenoxy) is 3. The third-order valence-corrected chi connectivity index (χ3v) is 5.36. The van der Waals surface area contributed by atoms with Crippen molar-refractivity contribution >= 4 is 40.5 Å². The SMILES string of the molecule is COc1cc(/C=C2\SC(N)=NC2=O)cc(Cl)c1OCCOc1ccc(C)c(C)c1. The Bertz CT molecular complexity index is 1000. The van der Waals surface area contributed by atoms with Crippen molar-refractivity contribution in [2.75, 3.05) is 20.3 Å². The van der Waals surface area contributed by atoms with Crippen LogP contribution in [-0.4, -0.2) is 31.4 Å². The molecule has 0 atom stereocenters. The summed E-state index contributed by atoms with van der Waals surface area (Å²) in [5, 5.41) is 0.592. The van der Waals surface area contributed by atoms with E-state index in [1.165, 1.54) is 18.2 Å². The summed E-state index contributed by atoms with van der Waals surface area (Å²) in [5.74, 6) is 1.30. The van der Waals surface area contributed by atoms with Crippen molar-refractivity contribution in [2.45, 2.75) is 13.8 Å². The minimum atomic E-state index is -0.369. The Kier molecular flexibility index (Phi) is 6.71. The molecule has 0 saturated carbocycles. The molecule has 0 unspecified atom stereocenters. The average Bonchev–Trinajstić information content (AvgIpc) is 2.99. The number of rotatable bonds is 7. The van der Waals surface area contributed by atoms with Gasteiger partial charge in [-0.05, 0) is 72.6 Å². The van der Waals surface area contributed by atoms with E-state index in [1.807, 2.05) is 25.1 Å².